The standard InChI is InChI=1S/C15H25N5O3.HI/c1-4-22-14(21)12-6-5-9-20(10-12)15(16-3)17-8-7-13-18-11(2)19-23-13;/h12H,4-10H2,1-3H3,(H,16,17);1H. The summed E-state index contributed by atoms with van der Waals surface area (Å²) in [6.07, 6.45) is 2.45. The molecule has 1 aromatic heterocycles. The summed E-state index contributed by atoms with van der Waals surface area (Å²) >= 11 is 0. The number of aromatic nitrogens is 2. The van der Waals surface area contributed by atoms with Crippen LogP contribution in [0.4, 0.5) is 0 Å². The first-order chi connectivity index (χ1) is 11.1. The number of carbonyl (C=O) groups is 1. The van der Waals surface area contributed by atoms with Gasteiger partial charge in [-0.3, -0.25) is 9.79 Å². The molecular formula is C15H26IN5O3. The van der Waals surface area contributed by atoms with E-state index >= 15 is 0 Å². The highest BCUT2D eigenvalue weighted by atomic mass is 127. The molecular weight excluding hydrogens is 425 g/mol. The zero-order chi connectivity index (χ0) is 16.7. The third-order valence-corrected chi connectivity index (χ3v) is 3.74. The number of carbonyl (C=O) groups excluding carboxylic acids is 1. The van der Waals surface area contributed by atoms with Gasteiger partial charge in [0.1, 0.15) is 0 Å². The maximum absolute atomic E-state index is 11.9. The Hall–Kier alpha value is -1.39. The summed E-state index contributed by atoms with van der Waals surface area (Å²) in [5, 5.41) is 7.05. The zero-order valence-electron chi connectivity index (χ0n) is 14.4. The lowest BCUT2D eigenvalue weighted by Crippen LogP contribution is -2.48. The second-order valence-electron chi connectivity index (χ2n) is 5.50. The maximum Gasteiger partial charge on any atom is 0.310 e. The summed E-state index contributed by atoms with van der Waals surface area (Å²) in [6.45, 7) is 6.22. The minimum Gasteiger partial charge on any atom is -0.466 e. The number of nitrogens with one attached hydrogen (secondary N) is 1. The molecule has 136 valence electrons. The van der Waals surface area contributed by atoms with Gasteiger partial charge in [0.15, 0.2) is 11.8 Å². The molecule has 0 amide bonds. The van der Waals surface area contributed by atoms with Crippen LogP contribution in [-0.2, 0) is 16.0 Å². The molecule has 1 aromatic rings. The Morgan fingerprint density at radius 1 is 1.54 bits per heavy atom. The topological polar surface area (TPSA) is 92.8 Å². The van der Waals surface area contributed by atoms with Crippen molar-refractivity contribution < 1.29 is 14.1 Å². The van der Waals surface area contributed by atoms with Crippen molar-refractivity contribution in [3.05, 3.63) is 11.7 Å². The minimum atomic E-state index is -0.117. The number of nitrogens with zero attached hydrogens (tertiary/aromatic N) is 4. The summed E-state index contributed by atoms with van der Waals surface area (Å²) in [6, 6.07) is 0. The van der Waals surface area contributed by atoms with Gasteiger partial charge >= 0.3 is 5.97 Å². The van der Waals surface area contributed by atoms with Crippen molar-refractivity contribution in [3.8, 4) is 0 Å². The van der Waals surface area contributed by atoms with Gasteiger partial charge in [0.2, 0.25) is 5.89 Å². The van der Waals surface area contributed by atoms with E-state index in [1.807, 2.05) is 6.92 Å². The van der Waals surface area contributed by atoms with Crippen LogP contribution in [0.3, 0.4) is 0 Å². The molecule has 9 heteroatoms. The van der Waals surface area contributed by atoms with E-state index < -0.39 is 0 Å². The van der Waals surface area contributed by atoms with Gasteiger partial charge in [-0.15, -0.1) is 24.0 Å². The van der Waals surface area contributed by atoms with Gasteiger partial charge < -0.3 is 19.5 Å². The summed E-state index contributed by atoms with van der Waals surface area (Å²) in [5.41, 5.74) is 0. The average Bonchev–Trinajstić information content (AvgIpc) is 2.97. The molecule has 0 saturated carbocycles. The number of aliphatic imine (C=N–C) groups is 1. The molecule has 2 heterocycles. The second-order valence-corrected chi connectivity index (χ2v) is 5.50. The molecule has 1 saturated heterocycles. The Kier molecular flexibility index (Phi) is 9.01. The van der Waals surface area contributed by atoms with E-state index in [1.54, 1.807) is 14.0 Å². The molecule has 1 aliphatic heterocycles. The van der Waals surface area contributed by atoms with Crippen LogP contribution in [0.25, 0.3) is 0 Å². The van der Waals surface area contributed by atoms with Gasteiger partial charge in [0.25, 0.3) is 0 Å². The monoisotopic (exact) mass is 451 g/mol. The predicted molar refractivity (Wildman–Crippen MR) is 100 cm³/mol. The number of guanidine groups is 1. The molecule has 24 heavy (non-hydrogen) atoms. The molecule has 2 rings (SSSR count). The van der Waals surface area contributed by atoms with Crippen molar-refractivity contribution in [3.63, 3.8) is 0 Å². The van der Waals surface area contributed by atoms with E-state index in [2.05, 4.69) is 25.3 Å². The van der Waals surface area contributed by atoms with Crippen LogP contribution in [0.2, 0.25) is 0 Å². The lowest BCUT2D eigenvalue weighted by atomic mass is 9.98. The number of aryl methyl sites for hydroxylation is 1. The molecule has 0 radical (unpaired) electrons. The molecule has 0 aliphatic carbocycles. The lowest BCUT2D eigenvalue weighted by molar-refractivity contribution is -0.149. The fourth-order valence-electron chi connectivity index (χ4n) is 2.68. The molecule has 0 spiro atoms. The maximum atomic E-state index is 11.9. The van der Waals surface area contributed by atoms with Gasteiger partial charge in [-0.05, 0) is 26.7 Å². The number of rotatable bonds is 5. The average molecular weight is 451 g/mol. The number of esters is 1. The first-order valence-electron chi connectivity index (χ1n) is 8.05. The Morgan fingerprint density at radius 2 is 2.33 bits per heavy atom. The number of hydrogen-bond donors (Lipinski definition) is 1. The predicted octanol–water partition coefficient (Wildman–Crippen LogP) is 1.39. The van der Waals surface area contributed by atoms with Crippen molar-refractivity contribution in [2.75, 3.05) is 33.3 Å². The molecule has 1 aliphatic rings. The molecule has 8 nitrogen and oxygen atoms in total. The largest absolute Gasteiger partial charge is 0.466 e. The van der Waals surface area contributed by atoms with E-state index in [0.29, 0.717) is 37.8 Å². The number of piperidine rings is 1. The van der Waals surface area contributed by atoms with Crippen molar-refractivity contribution >= 4 is 35.9 Å². The third kappa shape index (κ3) is 5.91. The molecule has 1 N–H and O–H groups in total. The normalized spacial score (nSPS) is 18.0. The number of halogens is 1. The van der Waals surface area contributed by atoms with Crippen molar-refractivity contribution in [1.29, 1.82) is 0 Å². The number of ether oxygens (including phenoxy) is 1. The van der Waals surface area contributed by atoms with Crippen LogP contribution in [0.5, 0.6) is 0 Å². The summed E-state index contributed by atoms with van der Waals surface area (Å²) in [7, 11) is 1.74. The first-order valence-corrected chi connectivity index (χ1v) is 8.05. The fourth-order valence-corrected chi connectivity index (χ4v) is 2.68. The van der Waals surface area contributed by atoms with Crippen LogP contribution in [0, 0.1) is 12.8 Å². The van der Waals surface area contributed by atoms with Crippen molar-refractivity contribution in [1.82, 2.24) is 20.4 Å². The Balaban J connectivity index is 0.00000288. The Bertz CT molecular complexity index is 549. The summed E-state index contributed by atoms with van der Waals surface area (Å²) < 4.78 is 10.2. The highest BCUT2D eigenvalue weighted by Crippen LogP contribution is 2.18. The fraction of sp³-hybridized carbons (Fsp3) is 0.733. The Morgan fingerprint density at radius 3 is 2.96 bits per heavy atom. The smallest absolute Gasteiger partial charge is 0.310 e. The van der Waals surface area contributed by atoms with Crippen molar-refractivity contribution in [2.45, 2.75) is 33.1 Å². The number of likely N-dealkylation sites (tertiary alicyclic amines) is 1. The highest BCUT2D eigenvalue weighted by Gasteiger charge is 2.28. The van der Waals surface area contributed by atoms with E-state index in [9.17, 15) is 4.79 Å². The van der Waals surface area contributed by atoms with Crippen LogP contribution in [-0.4, -0.2) is 60.3 Å². The molecule has 0 bridgehead atoms. The van der Waals surface area contributed by atoms with E-state index in [-0.39, 0.29) is 35.9 Å². The molecule has 0 aromatic carbocycles. The van der Waals surface area contributed by atoms with E-state index in [0.717, 1.165) is 25.3 Å². The minimum absolute atomic E-state index is 0. The van der Waals surface area contributed by atoms with Crippen molar-refractivity contribution in [2.24, 2.45) is 10.9 Å². The van der Waals surface area contributed by atoms with E-state index in [4.69, 9.17) is 9.26 Å². The van der Waals surface area contributed by atoms with Crippen LogP contribution < -0.4 is 5.32 Å². The Labute approximate surface area is 159 Å². The van der Waals surface area contributed by atoms with Gasteiger partial charge in [-0.2, -0.15) is 4.98 Å². The lowest BCUT2D eigenvalue weighted by Gasteiger charge is -2.33. The molecule has 1 unspecified atom stereocenters. The molecule has 1 fully saturated rings. The van der Waals surface area contributed by atoms with Gasteiger partial charge in [0.05, 0.1) is 12.5 Å². The van der Waals surface area contributed by atoms with Gasteiger partial charge in [0, 0.05) is 33.1 Å². The SMILES string of the molecule is CCOC(=O)C1CCCN(C(=NC)NCCc2nc(C)no2)C1.I. The second kappa shape index (κ2) is 10.5. The highest BCUT2D eigenvalue weighted by molar-refractivity contribution is 14.0. The zero-order valence-corrected chi connectivity index (χ0v) is 16.8. The van der Waals surface area contributed by atoms with Crippen LogP contribution in [0.15, 0.2) is 9.52 Å². The van der Waals surface area contributed by atoms with E-state index in [1.165, 1.54) is 0 Å². The third-order valence-electron chi connectivity index (χ3n) is 3.74. The first kappa shape index (κ1) is 20.7. The van der Waals surface area contributed by atoms with Crippen LogP contribution >= 0.6 is 24.0 Å². The summed E-state index contributed by atoms with van der Waals surface area (Å²) in [4.78, 5) is 22.5. The summed E-state index contributed by atoms with van der Waals surface area (Å²) in [5.74, 6) is 1.83. The quantitative estimate of drug-likeness (QED) is 0.313. The molecule has 1 atom stereocenters. The van der Waals surface area contributed by atoms with Gasteiger partial charge in [-0.1, -0.05) is 5.16 Å². The number of hydrogen-bond acceptors (Lipinski definition) is 6. The van der Waals surface area contributed by atoms with Crippen LogP contribution in [0.1, 0.15) is 31.5 Å². The van der Waals surface area contributed by atoms with Gasteiger partial charge in [-0.25, -0.2) is 0 Å².